The van der Waals surface area contributed by atoms with E-state index in [1.807, 2.05) is 39.5 Å². The third-order valence-electron chi connectivity index (χ3n) is 4.34. The number of anilines is 2. The Morgan fingerprint density at radius 3 is 2.03 bits per heavy atom. The van der Waals surface area contributed by atoms with Crippen LogP contribution in [0.5, 0.6) is 0 Å². The van der Waals surface area contributed by atoms with Crippen LogP contribution in [0.25, 0.3) is 22.7 Å². The normalized spacial score (nSPS) is 10.4. The lowest BCUT2D eigenvalue weighted by molar-refractivity contribution is 0.409. The molecule has 0 bridgehead atoms. The molecule has 12 nitrogen and oxygen atoms in total. The number of hydrogen-bond acceptors (Lipinski definition) is 10. The quantitative estimate of drug-likeness (QED) is 0.243. The highest BCUT2D eigenvalue weighted by Crippen LogP contribution is 2.20. The van der Waals surface area contributed by atoms with Gasteiger partial charge in [0.15, 0.2) is 28.7 Å². The van der Waals surface area contributed by atoms with Crippen LogP contribution in [0.1, 0.15) is 0 Å². The molecule has 6 rings (SSSR count). The molecule has 0 spiro atoms. The molecule has 172 valence electrons. The average Bonchev–Trinajstić information content (AvgIpc) is 3.62. The number of rotatable bonds is 2. The number of imidazole rings is 2. The Bertz CT molecular complexity index is 1480. The maximum Gasteiger partial charge on any atom is 0.526 e. The lowest BCUT2D eigenvalue weighted by atomic mass is 9.88. The second-order valence-corrected chi connectivity index (χ2v) is 7.46. The van der Waals surface area contributed by atoms with E-state index in [0.29, 0.717) is 39.0 Å². The molecule has 6 heterocycles. The van der Waals surface area contributed by atoms with Crippen molar-refractivity contribution in [2.24, 2.45) is 0 Å². The zero-order chi connectivity index (χ0) is 24.1. The third kappa shape index (κ3) is 5.25. The molecule has 6 aromatic rings. The van der Waals surface area contributed by atoms with E-state index in [1.54, 1.807) is 30.9 Å². The topological polar surface area (TPSA) is 179 Å². The Hall–Kier alpha value is -4.14. The summed E-state index contributed by atoms with van der Waals surface area (Å²) in [5.74, 6) is 1.52. The fourth-order valence-corrected chi connectivity index (χ4v) is 3.27. The van der Waals surface area contributed by atoms with E-state index >= 15 is 0 Å². The standard InChI is InChI=1S/C10H8N4O.C6H5BrN4.C4H5BO3/c11-9-10-12-3-4-14(10)6-7(13-9)8-2-1-5-15-8;7-4-3-11-2-1-9-6(11)5(8)10-4;6-5(7)4-2-1-3-8-4/h1-6H,(H2,11,13);1-3H,(H2,8,10);1-3,6-7H. The SMILES string of the molecule is Nc1nc(-c2ccco2)cn2ccnc12.Nc1nc(Br)cn2ccnc12.OB(O)c1ccco1. The molecule has 0 radical (unpaired) electrons. The Morgan fingerprint density at radius 1 is 0.853 bits per heavy atom. The van der Waals surface area contributed by atoms with Crippen molar-refractivity contribution < 1.29 is 18.9 Å². The van der Waals surface area contributed by atoms with Gasteiger partial charge >= 0.3 is 7.12 Å². The van der Waals surface area contributed by atoms with Gasteiger partial charge < -0.3 is 39.2 Å². The highest BCUT2D eigenvalue weighted by molar-refractivity contribution is 9.10. The number of nitrogen functional groups attached to an aromatic ring is 2. The van der Waals surface area contributed by atoms with Crippen molar-refractivity contribution >= 4 is 51.6 Å². The molecule has 6 aromatic heterocycles. The molecular formula is C20H18BBrN8O4. The Balaban J connectivity index is 0.000000128. The van der Waals surface area contributed by atoms with Crippen LogP contribution in [-0.4, -0.2) is 45.9 Å². The van der Waals surface area contributed by atoms with Crippen molar-refractivity contribution in [2.75, 3.05) is 11.5 Å². The minimum Gasteiger partial charge on any atom is -0.473 e. The van der Waals surface area contributed by atoms with E-state index in [4.69, 9.17) is 25.9 Å². The minimum atomic E-state index is -1.48. The van der Waals surface area contributed by atoms with Crippen LogP contribution in [0.3, 0.4) is 0 Å². The Kier molecular flexibility index (Phi) is 6.91. The molecule has 34 heavy (non-hydrogen) atoms. The first-order valence-corrected chi connectivity index (χ1v) is 10.5. The van der Waals surface area contributed by atoms with Gasteiger partial charge in [-0.25, -0.2) is 19.9 Å². The number of fused-ring (bicyclic) bond motifs is 2. The van der Waals surface area contributed by atoms with Crippen molar-refractivity contribution in [1.82, 2.24) is 28.7 Å². The number of nitrogens with two attached hydrogens (primary N) is 2. The third-order valence-corrected chi connectivity index (χ3v) is 4.72. The summed E-state index contributed by atoms with van der Waals surface area (Å²) in [4.78, 5) is 16.3. The molecule has 0 aliphatic carbocycles. The van der Waals surface area contributed by atoms with Crippen LogP contribution in [0.2, 0.25) is 0 Å². The van der Waals surface area contributed by atoms with Gasteiger partial charge in [-0.05, 0) is 40.2 Å². The van der Waals surface area contributed by atoms with Crippen molar-refractivity contribution in [3.05, 3.63) is 78.6 Å². The first kappa shape index (κ1) is 23.0. The van der Waals surface area contributed by atoms with Crippen LogP contribution in [0.4, 0.5) is 11.6 Å². The van der Waals surface area contributed by atoms with E-state index in [1.165, 1.54) is 12.3 Å². The first-order chi connectivity index (χ1) is 16.4. The minimum absolute atomic E-state index is 0.171. The zero-order valence-electron chi connectivity index (χ0n) is 17.4. The maximum absolute atomic E-state index is 8.37. The maximum atomic E-state index is 8.37. The van der Waals surface area contributed by atoms with Gasteiger partial charge in [0.05, 0.1) is 12.5 Å². The summed E-state index contributed by atoms with van der Waals surface area (Å²) < 4.78 is 14.2. The van der Waals surface area contributed by atoms with E-state index < -0.39 is 7.12 Å². The fourth-order valence-electron chi connectivity index (χ4n) is 2.86. The molecule has 0 atom stereocenters. The van der Waals surface area contributed by atoms with E-state index in [2.05, 4.69) is 40.3 Å². The van der Waals surface area contributed by atoms with Gasteiger partial charge in [0, 0.05) is 37.2 Å². The molecule has 0 amide bonds. The lowest BCUT2D eigenvalue weighted by Gasteiger charge is -2.01. The van der Waals surface area contributed by atoms with Gasteiger partial charge in [0.25, 0.3) is 0 Å². The van der Waals surface area contributed by atoms with Crippen molar-refractivity contribution in [2.45, 2.75) is 0 Å². The summed E-state index contributed by atoms with van der Waals surface area (Å²) in [6, 6.07) is 6.73. The summed E-state index contributed by atoms with van der Waals surface area (Å²) in [6.45, 7) is 0. The molecule has 0 aliphatic heterocycles. The van der Waals surface area contributed by atoms with Crippen LogP contribution in [0, 0.1) is 0 Å². The molecule has 0 fully saturated rings. The van der Waals surface area contributed by atoms with Gasteiger partial charge in [0.2, 0.25) is 0 Å². The first-order valence-electron chi connectivity index (χ1n) is 9.69. The molecule has 6 N–H and O–H groups in total. The van der Waals surface area contributed by atoms with Gasteiger partial charge in [-0.15, -0.1) is 0 Å². The Labute approximate surface area is 200 Å². The number of furan rings is 2. The summed E-state index contributed by atoms with van der Waals surface area (Å²) >= 11 is 3.23. The molecule has 0 saturated carbocycles. The van der Waals surface area contributed by atoms with Gasteiger partial charge in [-0.2, -0.15) is 0 Å². The molecule has 0 saturated heterocycles. The molecule has 14 heteroatoms. The van der Waals surface area contributed by atoms with Crippen LogP contribution < -0.4 is 17.1 Å². The second kappa shape index (κ2) is 10.2. The van der Waals surface area contributed by atoms with Crippen LogP contribution >= 0.6 is 15.9 Å². The average molecular weight is 525 g/mol. The Morgan fingerprint density at radius 2 is 1.47 bits per heavy atom. The van der Waals surface area contributed by atoms with Crippen molar-refractivity contribution in [3.63, 3.8) is 0 Å². The van der Waals surface area contributed by atoms with E-state index in [-0.39, 0.29) is 5.66 Å². The second-order valence-electron chi connectivity index (χ2n) is 6.64. The number of nitrogens with zero attached hydrogens (tertiary/aromatic N) is 6. The monoisotopic (exact) mass is 524 g/mol. The van der Waals surface area contributed by atoms with Crippen LogP contribution in [-0.2, 0) is 0 Å². The van der Waals surface area contributed by atoms with Crippen LogP contribution in [0.15, 0.2) is 87.4 Å². The van der Waals surface area contributed by atoms with Gasteiger partial charge in [-0.1, -0.05) is 0 Å². The summed E-state index contributed by atoms with van der Waals surface area (Å²) in [6.07, 6.45) is 13.6. The highest BCUT2D eigenvalue weighted by atomic mass is 79.9. The summed E-state index contributed by atoms with van der Waals surface area (Å²) in [5.41, 5.74) is 13.6. The zero-order valence-corrected chi connectivity index (χ0v) is 19.0. The van der Waals surface area contributed by atoms with Crippen molar-refractivity contribution in [3.8, 4) is 11.5 Å². The molecule has 0 unspecified atom stereocenters. The number of aromatic nitrogens is 6. The predicted molar refractivity (Wildman–Crippen MR) is 129 cm³/mol. The summed E-state index contributed by atoms with van der Waals surface area (Å²) in [7, 11) is -1.48. The van der Waals surface area contributed by atoms with Gasteiger partial charge in [-0.3, -0.25) is 0 Å². The largest absolute Gasteiger partial charge is 0.526 e. The number of hydrogen-bond donors (Lipinski definition) is 4. The molecule has 0 aromatic carbocycles. The smallest absolute Gasteiger partial charge is 0.473 e. The van der Waals surface area contributed by atoms with E-state index in [0.717, 1.165) is 0 Å². The van der Waals surface area contributed by atoms with E-state index in [9.17, 15) is 0 Å². The summed E-state index contributed by atoms with van der Waals surface area (Å²) in [5, 5.41) is 16.7. The van der Waals surface area contributed by atoms with Gasteiger partial charge in [0.1, 0.15) is 16.0 Å². The number of halogens is 1. The lowest BCUT2D eigenvalue weighted by Crippen LogP contribution is -2.27. The highest BCUT2D eigenvalue weighted by Gasteiger charge is 2.12. The van der Waals surface area contributed by atoms with Crippen molar-refractivity contribution in [1.29, 1.82) is 0 Å². The molecular weight excluding hydrogens is 507 g/mol. The predicted octanol–water partition coefficient (Wildman–Crippen LogP) is 1.60. The molecule has 0 aliphatic rings. The fraction of sp³-hybridized carbons (Fsp3) is 0.